The van der Waals surface area contributed by atoms with Crippen molar-refractivity contribution < 1.29 is 19.0 Å². The summed E-state index contributed by atoms with van der Waals surface area (Å²) >= 11 is 5.90. The topological polar surface area (TPSA) is 75.5 Å². The van der Waals surface area contributed by atoms with Gasteiger partial charge in [0, 0.05) is 5.02 Å². The number of ether oxygens (including phenoxy) is 3. The zero-order chi connectivity index (χ0) is 16.3. The average Bonchev–Trinajstić information content (AvgIpc) is 3.10. The molecule has 1 aliphatic heterocycles. The van der Waals surface area contributed by atoms with Gasteiger partial charge in [-0.2, -0.15) is 5.10 Å². The minimum Gasteiger partial charge on any atom is -0.458 e. The maximum absolute atomic E-state index is 12.2. The molecule has 0 radical (unpaired) electrons. The molecule has 122 valence electrons. The van der Waals surface area contributed by atoms with Crippen molar-refractivity contribution in [2.75, 3.05) is 20.0 Å². The summed E-state index contributed by atoms with van der Waals surface area (Å²) in [4.78, 5) is 16.1. The third kappa shape index (κ3) is 2.83. The van der Waals surface area contributed by atoms with Gasteiger partial charge in [0.2, 0.25) is 0 Å². The van der Waals surface area contributed by atoms with Gasteiger partial charge in [-0.15, -0.1) is 0 Å². The first kappa shape index (κ1) is 15.9. The van der Waals surface area contributed by atoms with Gasteiger partial charge >= 0.3 is 0 Å². The predicted molar refractivity (Wildman–Crippen MR) is 81.0 cm³/mol. The Bertz CT molecular complexity index is 656. The molecule has 1 aromatic carbocycles. The van der Waals surface area contributed by atoms with E-state index in [4.69, 9.17) is 25.8 Å². The van der Waals surface area contributed by atoms with Crippen LogP contribution >= 0.6 is 11.6 Å². The maximum Gasteiger partial charge on any atom is 0.268 e. The monoisotopic (exact) mass is 337 g/mol. The summed E-state index contributed by atoms with van der Waals surface area (Å²) in [5.74, 6) is 0.476. The van der Waals surface area contributed by atoms with Crippen molar-refractivity contribution in [3.63, 3.8) is 0 Å². The molecule has 0 N–H and O–H groups in total. The van der Waals surface area contributed by atoms with Gasteiger partial charge in [0.1, 0.15) is 25.2 Å². The van der Waals surface area contributed by atoms with Crippen LogP contribution in [0.5, 0.6) is 5.75 Å². The van der Waals surface area contributed by atoms with E-state index in [1.165, 1.54) is 17.3 Å². The molecule has 1 unspecified atom stereocenters. The standard InChI is InChI=1S/C15H16ClN3O4/c1-14(7-21-11-22-8-14)15(6-20,19-10-17-9-18-19)23-13-4-2-12(16)3-5-13/h2-6,9-10H,7-8,11H2,1H3. The minimum atomic E-state index is -1.46. The zero-order valence-electron chi connectivity index (χ0n) is 12.5. The lowest BCUT2D eigenvalue weighted by Crippen LogP contribution is -2.60. The molecule has 0 saturated carbocycles. The molecule has 2 heterocycles. The normalized spacial score (nSPS) is 19.7. The quantitative estimate of drug-likeness (QED) is 0.775. The van der Waals surface area contributed by atoms with Gasteiger partial charge in [-0.25, -0.2) is 9.67 Å². The summed E-state index contributed by atoms with van der Waals surface area (Å²) in [6.45, 7) is 2.58. The van der Waals surface area contributed by atoms with E-state index in [-0.39, 0.29) is 20.0 Å². The van der Waals surface area contributed by atoms with E-state index in [0.717, 1.165) is 0 Å². The van der Waals surface area contributed by atoms with Crippen molar-refractivity contribution in [1.82, 2.24) is 14.8 Å². The molecule has 1 aliphatic rings. The van der Waals surface area contributed by atoms with E-state index >= 15 is 0 Å². The largest absolute Gasteiger partial charge is 0.458 e. The fourth-order valence-electron chi connectivity index (χ4n) is 2.57. The lowest BCUT2D eigenvalue weighted by Gasteiger charge is -2.45. The van der Waals surface area contributed by atoms with E-state index in [1.54, 1.807) is 24.3 Å². The Morgan fingerprint density at radius 2 is 2.04 bits per heavy atom. The molecular weight excluding hydrogens is 322 g/mol. The summed E-state index contributed by atoms with van der Waals surface area (Å²) in [5, 5.41) is 4.68. The third-order valence-electron chi connectivity index (χ3n) is 3.88. The van der Waals surface area contributed by atoms with Gasteiger partial charge < -0.3 is 14.2 Å². The van der Waals surface area contributed by atoms with Crippen molar-refractivity contribution in [1.29, 1.82) is 0 Å². The van der Waals surface area contributed by atoms with Crippen LogP contribution in [0.1, 0.15) is 6.92 Å². The Morgan fingerprint density at radius 3 is 2.61 bits per heavy atom. The van der Waals surface area contributed by atoms with Gasteiger partial charge in [-0.1, -0.05) is 11.6 Å². The van der Waals surface area contributed by atoms with Crippen LogP contribution in [0.2, 0.25) is 5.02 Å². The fraction of sp³-hybridized carbons (Fsp3) is 0.400. The lowest BCUT2D eigenvalue weighted by molar-refractivity contribution is -0.231. The number of hydrogen-bond donors (Lipinski definition) is 0. The second-order valence-corrected chi connectivity index (χ2v) is 6.02. The molecule has 0 bridgehead atoms. The number of hydrogen-bond acceptors (Lipinski definition) is 6. The number of aldehydes is 1. The Balaban J connectivity index is 2.05. The summed E-state index contributed by atoms with van der Waals surface area (Å²) in [6, 6.07) is 6.74. The molecule has 0 spiro atoms. The first-order chi connectivity index (χ1) is 11.1. The van der Waals surface area contributed by atoms with Crippen LogP contribution in [-0.2, 0) is 20.0 Å². The van der Waals surface area contributed by atoms with Crippen LogP contribution < -0.4 is 4.74 Å². The number of halogens is 1. The first-order valence-electron chi connectivity index (χ1n) is 7.01. The number of carbonyl (C=O) groups is 1. The molecule has 1 aromatic heterocycles. The highest BCUT2D eigenvalue weighted by Crippen LogP contribution is 2.40. The summed E-state index contributed by atoms with van der Waals surface area (Å²) in [5.41, 5.74) is -2.25. The molecule has 0 amide bonds. The van der Waals surface area contributed by atoms with E-state index in [9.17, 15) is 4.79 Å². The van der Waals surface area contributed by atoms with Crippen molar-refractivity contribution in [2.45, 2.75) is 12.6 Å². The van der Waals surface area contributed by atoms with Crippen molar-refractivity contribution >= 4 is 17.9 Å². The number of aromatic nitrogens is 3. The maximum atomic E-state index is 12.2. The van der Waals surface area contributed by atoms with Crippen molar-refractivity contribution in [3.8, 4) is 5.75 Å². The third-order valence-corrected chi connectivity index (χ3v) is 4.13. The van der Waals surface area contributed by atoms with Crippen LogP contribution in [0.4, 0.5) is 0 Å². The smallest absolute Gasteiger partial charge is 0.268 e. The number of benzene rings is 1. The van der Waals surface area contributed by atoms with E-state index < -0.39 is 11.1 Å². The average molecular weight is 338 g/mol. The van der Waals surface area contributed by atoms with Gasteiger partial charge in [0.25, 0.3) is 5.72 Å². The molecule has 3 rings (SSSR count). The predicted octanol–water partition coefficient (Wildman–Crippen LogP) is 1.87. The van der Waals surface area contributed by atoms with Crippen LogP contribution in [-0.4, -0.2) is 41.1 Å². The van der Waals surface area contributed by atoms with Crippen LogP contribution in [0.25, 0.3) is 0 Å². The number of nitrogens with zero attached hydrogens (tertiary/aromatic N) is 3. The highest BCUT2D eigenvalue weighted by Gasteiger charge is 2.55. The van der Waals surface area contributed by atoms with E-state index in [1.807, 2.05) is 6.92 Å². The first-order valence-corrected chi connectivity index (χ1v) is 7.39. The number of carbonyl (C=O) groups excluding carboxylic acids is 1. The molecule has 1 atom stereocenters. The molecular formula is C15H16ClN3O4. The van der Waals surface area contributed by atoms with Crippen molar-refractivity contribution in [3.05, 3.63) is 41.9 Å². The summed E-state index contributed by atoms with van der Waals surface area (Å²) in [6.07, 6.45) is 3.48. The summed E-state index contributed by atoms with van der Waals surface area (Å²) < 4.78 is 18.3. The minimum absolute atomic E-state index is 0.183. The Labute approximate surface area is 138 Å². The Kier molecular flexibility index (Phi) is 4.34. The fourth-order valence-corrected chi connectivity index (χ4v) is 2.70. The molecule has 0 aliphatic carbocycles. The van der Waals surface area contributed by atoms with Gasteiger partial charge in [-0.3, -0.25) is 4.79 Å². The molecule has 1 fully saturated rings. The number of rotatable bonds is 5. The van der Waals surface area contributed by atoms with Crippen molar-refractivity contribution in [2.24, 2.45) is 5.41 Å². The van der Waals surface area contributed by atoms with E-state index in [2.05, 4.69) is 10.1 Å². The van der Waals surface area contributed by atoms with E-state index in [0.29, 0.717) is 17.1 Å². The Hall–Kier alpha value is -1.96. The molecule has 23 heavy (non-hydrogen) atoms. The van der Waals surface area contributed by atoms with Gasteiger partial charge in [-0.05, 0) is 31.2 Å². The second-order valence-electron chi connectivity index (χ2n) is 5.59. The van der Waals surface area contributed by atoms with Crippen LogP contribution in [0.3, 0.4) is 0 Å². The van der Waals surface area contributed by atoms with Gasteiger partial charge in [0.15, 0.2) is 6.29 Å². The molecule has 7 nitrogen and oxygen atoms in total. The molecule has 2 aromatic rings. The summed E-state index contributed by atoms with van der Waals surface area (Å²) in [7, 11) is 0. The Morgan fingerprint density at radius 1 is 1.35 bits per heavy atom. The SMILES string of the molecule is CC1(C(C=O)(Oc2ccc(Cl)cc2)n2cncn2)COCOC1. The van der Waals surface area contributed by atoms with Crippen LogP contribution in [0, 0.1) is 5.41 Å². The second kappa shape index (κ2) is 6.27. The zero-order valence-corrected chi connectivity index (χ0v) is 13.3. The molecule has 8 heteroatoms. The molecule has 1 saturated heterocycles. The highest BCUT2D eigenvalue weighted by atomic mass is 35.5. The lowest BCUT2D eigenvalue weighted by atomic mass is 9.80. The van der Waals surface area contributed by atoms with Crippen LogP contribution in [0.15, 0.2) is 36.9 Å². The highest BCUT2D eigenvalue weighted by molar-refractivity contribution is 6.30. The van der Waals surface area contributed by atoms with Gasteiger partial charge in [0.05, 0.1) is 18.6 Å².